The van der Waals surface area contributed by atoms with Gasteiger partial charge in [-0.3, -0.25) is 0 Å². The molecule has 0 aromatic carbocycles. The molecule has 3 fully saturated rings. The maximum atomic E-state index is 6.07. The van der Waals surface area contributed by atoms with Gasteiger partial charge in [-0.2, -0.15) is 0 Å². The van der Waals surface area contributed by atoms with Gasteiger partial charge in [0.2, 0.25) is 0 Å². The zero-order valence-electron chi connectivity index (χ0n) is 9.91. The van der Waals surface area contributed by atoms with Crippen molar-refractivity contribution in [3.63, 3.8) is 0 Å². The number of piperidine rings is 1. The minimum Gasteiger partial charge on any atom is -0.327 e. The predicted molar refractivity (Wildman–Crippen MR) is 62.6 cm³/mol. The van der Waals surface area contributed by atoms with Gasteiger partial charge in [0, 0.05) is 19.1 Å². The second kappa shape index (κ2) is 3.46. The van der Waals surface area contributed by atoms with Gasteiger partial charge >= 0.3 is 0 Å². The molecule has 2 heteroatoms. The summed E-state index contributed by atoms with van der Waals surface area (Å²) in [5.41, 5.74) is 6.84. The van der Waals surface area contributed by atoms with E-state index in [9.17, 15) is 0 Å². The molecule has 3 rings (SSSR count). The van der Waals surface area contributed by atoms with Crippen LogP contribution in [0.25, 0.3) is 0 Å². The minimum atomic E-state index is 0.456. The van der Waals surface area contributed by atoms with Gasteiger partial charge in [0.1, 0.15) is 0 Å². The zero-order chi connectivity index (χ0) is 10.5. The van der Waals surface area contributed by atoms with Crippen molar-refractivity contribution in [2.24, 2.45) is 23.0 Å². The van der Waals surface area contributed by atoms with E-state index in [1.807, 2.05) is 0 Å². The summed E-state index contributed by atoms with van der Waals surface area (Å²) in [6.07, 6.45) is 7.26. The Hall–Kier alpha value is -0.0800. The van der Waals surface area contributed by atoms with Crippen LogP contribution >= 0.6 is 0 Å². The molecule has 0 amide bonds. The van der Waals surface area contributed by atoms with E-state index < -0.39 is 0 Å². The Morgan fingerprint density at radius 1 is 1.27 bits per heavy atom. The highest BCUT2D eigenvalue weighted by molar-refractivity contribution is 5.05. The van der Waals surface area contributed by atoms with Crippen molar-refractivity contribution in [3.8, 4) is 0 Å². The molecule has 1 heterocycles. The molecular formula is C13H24N2. The first-order valence-corrected chi connectivity index (χ1v) is 6.68. The fourth-order valence-corrected chi connectivity index (χ4v) is 3.39. The Balaban J connectivity index is 1.55. The maximum absolute atomic E-state index is 6.07. The van der Waals surface area contributed by atoms with Gasteiger partial charge in [0.15, 0.2) is 0 Å². The quantitative estimate of drug-likeness (QED) is 0.767. The predicted octanol–water partition coefficient (Wildman–Crippen LogP) is 1.85. The van der Waals surface area contributed by atoms with E-state index in [2.05, 4.69) is 11.8 Å². The third-order valence-corrected chi connectivity index (χ3v) is 4.93. The first-order chi connectivity index (χ1) is 7.20. The molecule has 2 aliphatic carbocycles. The van der Waals surface area contributed by atoms with Crippen molar-refractivity contribution >= 4 is 0 Å². The van der Waals surface area contributed by atoms with Gasteiger partial charge < -0.3 is 10.6 Å². The molecule has 3 aliphatic rings. The SMILES string of the molecule is CC1CN(CC2(C3CC3)CC2)CCC1N. The van der Waals surface area contributed by atoms with Crippen LogP contribution in [0.1, 0.15) is 39.0 Å². The molecule has 0 bridgehead atoms. The molecular weight excluding hydrogens is 184 g/mol. The summed E-state index contributed by atoms with van der Waals surface area (Å²) in [4.78, 5) is 2.69. The Morgan fingerprint density at radius 3 is 2.53 bits per heavy atom. The van der Waals surface area contributed by atoms with Crippen LogP contribution in [-0.4, -0.2) is 30.6 Å². The number of nitrogens with two attached hydrogens (primary N) is 1. The van der Waals surface area contributed by atoms with E-state index >= 15 is 0 Å². The molecule has 0 spiro atoms. The molecule has 2 atom stereocenters. The van der Waals surface area contributed by atoms with Gasteiger partial charge in [-0.15, -0.1) is 0 Å². The summed E-state index contributed by atoms with van der Waals surface area (Å²) >= 11 is 0. The second-order valence-electron chi connectivity index (χ2n) is 6.30. The summed E-state index contributed by atoms with van der Waals surface area (Å²) in [6.45, 7) is 6.19. The molecule has 15 heavy (non-hydrogen) atoms. The molecule has 1 aliphatic heterocycles. The highest BCUT2D eigenvalue weighted by Crippen LogP contribution is 2.61. The van der Waals surface area contributed by atoms with Crippen molar-refractivity contribution in [2.75, 3.05) is 19.6 Å². The maximum Gasteiger partial charge on any atom is 0.00889 e. The van der Waals surface area contributed by atoms with Crippen molar-refractivity contribution in [1.29, 1.82) is 0 Å². The lowest BCUT2D eigenvalue weighted by atomic mass is 9.92. The normalized spacial score (nSPS) is 40.4. The van der Waals surface area contributed by atoms with Crippen LogP contribution in [0.3, 0.4) is 0 Å². The average Bonchev–Trinajstić information content (AvgIpc) is 3.01. The fourth-order valence-electron chi connectivity index (χ4n) is 3.39. The topological polar surface area (TPSA) is 29.3 Å². The molecule has 2 unspecified atom stereocenters. The lowest BCUT2D eigenvalue weighted by Gasteiger charge is -2.37. The molecule has 2 saturated carbocycles. The van der Waals surface area contributed by atoms with E-state index in [0.717, 1.165) is 11.3 Å². The van der Waals surface area contributed by atoms with Crippen LogP contribution in [-0.2, 0) is 0 Å². The van der Waals surface area contributed by atoms with E-state index in [1.165, 1.54) is 51.7 Å². The van der Waals surface area contributed by atoms with Gasteiger partial charge in [-0.25, -0.2) is 0 Å². The first-order valence-electron chi connectivity index (χ1n) is 6.68. The largest absolute Gasteiger partial charge is 0.327 e. The lowest BCUT2D eigenvalue weighted by Crippen LogP contribution is -2.47. The summed E-state index contributed by atoms with van der Waals surface area (Å²) in [5, 5.41) is 0. The van der Waals surface area contributed by atoms with Gasteiger partial charge in [0.05, 0.1) is 0 Å². The third kappa shape index (κ3) is 1.94. The van der Waals surface area contributed by atoms with E-state index in [-0.39, 0.29) is 0 Å². The fraction of sp³-hybridized carbons (Fsp3) is 1.00. The van der Waals surface area contributed by atoms with Crippen LogP contribution in [0.5, 0.6) is 0 Å². The minimum absolute atomic E-state index is 0.456. The highest BCUT2D eigenvalue weighted by Gasteiger charge is 2.54. The molecule has 0 aromatic rings. The summed E-state index contributed by atoms with van der Waals surface area (Å²) in [6, 6.07) is 0.456. The Bertz CT molecular complexity index is 243. The average molecular weight is 208 g/mol. The summed E-state index contributed by atoms with van der Waals surface area (Å²) in [7, 11) is 0. The lowest BCUT2D eigenvalue weighted by molar-refractivity contribution is 0.129. The zero-order valence-corrected chi connectivity index (χ0v) is 9.91. The monoisotopic (exact) mass is 208 g/mol. The van der Waals surface area contributed by atoms with Gasteiger partial charge in [-0.05, 0) is 55.9 Å². The van der Waals surface area contributed by atoms with Crippen LogP contribution in [0.15, 0.2) is 0 Å². The van der Waals surface area contributed by atoms with E-state index in [0.29, 0.717) is 12.0 Å². The van der Waals surface area contributed by atoms with E-state index in [4.69, 9.17) is 5.73 Å². The van der Waals surface area contributed by atoms with Crippen molar-refractivity contribution in [2.45, 2.75) is 45.1 Å². The molecule has 0 aromatic heterocycles. The number of rotatable bonds is 3. The number of nitrogens with zero attached hydrogens (tertiary/aromatic N) is 1. The Labute approximate surface area is 93.2 Å². The number of hydrogen-bond acceptors (Lipinski definition) is 2. The summed E-state index contributed by atoms with van der Waals surface area (Å²) in [5.74, 6) is 1.80. The smallest absolute Gasteiger partial charge is 0.00889 e. The summed E-state index contributed by atoms with van der Waals surface area (Å²) < 4.78 is 0. The van der Waals surface area contributed by atoms with E-state index in [1.54, 1.807) is 0 Å². The van der Waals surface area contributed by atoms with Gasteiger partial charge in [-0.1, -0.05) is 6.92 Å². The number of likely N-dealkylation sites (tertiary alicyclic amines) is 1. The molecule has 0 radical (unpaired) electrons. The second-order valence-corrected chi connectivity index (χ2v) is 6.30. The molecule has 2 nitrogen and oxygen atoms in total. The van der Waals surface area contributed by atoms with Crippen LogP contribution in [0, 0.1) is 17.3 Å². The standard InChI is InChI=1S/C13H24N2/c1-10-8-15(7-4-12(10)14)9-13(5-6-13)11-2-3-11/h10-12H,2-9,14H2,1H3. The third-order valence-electron chi connectivity index (χ3n) is 4.93. The van der Waals surface area contributed by atoms with Crippen LogP contribution in [0.2, 0.25) is 0 Å². The van der Waals surface area contributed by atoms with Gasteiger partial charge in [0.25, 0.3) is 0 Å². The Morgan fingerprint density at radius 2 is 2.00 bits per heavy atom. The van der Waals surface area contributed by atoms with Crippen molar-refractivity contribution in [1.82, 2.24) is 4.90 Å². The molecule has 86 valence electrons. The first kappa shape index (κ1) is 10.1. The molecule has 1 saturated heterocycles. The van der Waals surface area contributed by atoms with Crippen LogP contribution in [0.4, 0.5) is 0 Å². The highest BCUT2D eigenvalue weighted by atomic mass is 15.2. The van der Waals surface area contributed by atoms with Crippen molar-refractivity contribution < 1.29 is 0 Å². The van der Waals surface area contributed by atoms with Crippen LogP contribution < -0.4 is 5.73 Å². The Kier molecular flexibility index (Phi) is 2.33. The van der Waals surface area contributed by atoms with Crippen molar-refractivity contribution in [3.05, 3.63) is 0 Å². The molecule has 2 N–H and O–H groups in total. The number of hydrogen-bond donors (Lipinski definition) is 1.